The van der Waals surface area contributed by atoms with Crippen LogP contribution in [0.4, 0.5) is 5.69 Å². The normalized spacial score (nSPS) is 11.4. The highest BCUT2D eigenvalue weighted by molar-refractivity contribution is 7.80. The minimum absolute atomic E-state index is 0.186. The van der Waals surface area contributed by atoms with Gasteiger partial charge in [0.25, 0.3) is 0 Å². The molecule has 0 aromatic heterocycles. The maximum atomic E-state index is 11.5. The van der Waals surface area contributed by atoms with E-state index in [2.05, 4.69) is 23.3 Å². The number of hydrogen-bond donors (Lipinski definition) is 4. The zero-order chi connectivity index (χ0) is 15.8. The van der Waals surface area contributed by atoms with Crippen molar-refractivity contribution in [2.24, 2.45) is 5.73 Å². The third kappa shape index (κ3) is 6.28. The first-order valence-electron chi connectivity index (χ1n) is 6.15. The van der Waals surface area contributed by atoms with Gasteiger partial charge < -0.3 is 21.1 Å². The van der Waals surface area contributed by atoms with Crippen molar-refractivity contribution in [1.29, 1.82) is 0 Å². The van der Waals surface area contributed by atoms with Gasteiger partial charge in [-0.2, -0.15) is 12.6 Å². The molecule has 0 saturated carbocycles. The lowest BCUT2D eigenvalue weighted by atomic mass is 10.3. The zero-order valence-corrected chi connectivity index (χ0v) is 12.4. The number of ether oxygens (including phenoxy) is 1. The Balaban J connectivity index is 2.44. The van der Waals surface area contributed by atoms with E-state index in [1.54, 1.807) is 12.1 Å². The number of nitrogens with two attached hydrogens (primary N) is 1. The summed E-state index contributed by atoms with van der Waals surface area (Å²) < 4.78 is 5.01. The number of esters is 1. The van der Waals surface area contributed by atoms with Gasteiger partial charge in [0, 0.05) is 18.4 Å². The average Bonchev–Trinajstić information content (AvgIpc) is 2.45. The molecule has 21 heavy (non-hydrogen) atoms. The minimum atomic E-state index is -0.766. The smallest absolute Gasteiger partial charge is 0.330 e. The third-order valence-corrected chi connectivity index (χ3v) is 2.74. The minimum Gasteiger partial charge on any atom is -0.425 e. The molecule has 1 unspecified atom stereocenters. The Morgan fingerprint density at radius 3 is 2.43 bits per heavy atom. The second kappa shape index (κ2) is 8.28. The van der Waals surface area contributed by atoms with Gasteiger partial charge in [-0.05, 0) is 24.3 Å². The molecule has 7 nitrogen and oxygen atoms in total. The summed E-state index contributed by atoms with van der Waals surface area (Å²) in [7, 11) is 0. The van der Waals surface area contributed by atoms with Crippen molar-refractivity contribution in [1.82, 2.24) is 5.32 Å². The van der Waals surface area contributed by atoms with Crippen LogP contribution in [0.25, 0.3) is 0 Å². The molecule has 0 radical (unpaired) electrons. The van der Waals surface area contributed by atoms with Crippen molar-refractivity contribution in [3.8, 4) is 5.75 Å². The first-order valence-corrected chi connectivity index (χ1v) is 6.78. The summed E-state index contributed by atoms with van der Waals surface area (Å²) in [4.78, 5) is 33.7. The zero-order valence-electron chi connectivity index (χ0n) is 11.5. The van der Waals surface area contributed by atoms with E-state index in [0.717, 1.165) is 0 Å². The standard InChI is InChI=1S/C13H17N3O4S/c1-8(17)16-9-2-4-10(5-3-9)20-12(18)6-15-13(19)11(14)7-21/h2-5,11,21H,6-7,14H2,1H3,(H,15,19)(H,16,17). The number of rotatable bonds is 6. The lowest BCUT2D eigenvalue weighted by Crippen LogP contribution is -2.44. The van der Waals surface area contributed by atoms with Crippen molar-refractivity contribution in [3.63, 3.8) is 0 Å². The van der Waals surface area contributed by atoms with E-state index >= 15 is 0 Å². The Bertz CT molecular complexity index is 519. The van der Waals surface area contributed by atoms with Crippen LogP contribution >= 0.6 is 12.6 Å². The van der Waals surface area contributed by atoms with E-state index in [4.69, 9.17) is 10.5 Å². The Labute approximate surface area is 127 Å². The molecule has 0 aliphatic heterocycles. The molecule has 0 fully saturated rings. The first kappa shape index (κ1) is 17.0. The number of benzene rings is 1. The molecular weight excluding hydrogens is 294 g/mol. The molecule has 0 bridgehead atoms. The molecule has 1 aromatic rings. The Kier molecular flexibility index (Phi) is 6.70. The van der Waals surface area contributed by atoms with Crippen molar-refractivity contribution in [2.45, 2.75) is 13.0 Å². The maximum absolute atomic E-state index is 11.5. The molecule has 0 saturated heterocycles. The molecule has 4 N–H and O–H groups in total. The maximum Gasteiger partial charge on any atom is 0.330 e. The number of carbonyl (C=O) groups is 3. The fourth-order valence-corrected chi connectivity index (χ4v) is 1.52. The van der Waals surface area contributed by atoms with Crippen LogP contribution in [-0.2, 0) is 14.4 Å². The SMILES string of the molecule is CC(=O)Nc1ccc(OC(=O)CNC(=O)C(N)CS)cc1. The van der Waals surface area contributed by atoms with Gasteiger partial charge in [0.15, 0.2) is 0 Å². The van der Waals surface area contributed by atoms with E-state index in [1.807, 2.05) is 0 Å². The highest BCUT2D eigenvalue weighted by atomic mass is 32.1. The molecule has 0 heterocycles. The van der Waals surface area contributed by atoms with Crippen molar-refractivity contribution < 1.29 is 19.1 Å². The van der Waals surface area contributed by atoms with Crippen molar-refractivity contribution >= 4 is 36.1 Å². The highest BCUT2D eigenvalue weighted by Crippen LogP contribution is 2.15. The van der Waals surface area contributed by atoms with Gasteiger partial charge in [-0.3, -0.25) is 9.59 Å². The number of amides is 2. The van der Waals surface area contributed by atoms with E-state index in [9.17, 15) is 14.4 Å². The van der Waals surface area contributed by atoms with Gasteiger partial charge in [-0.1, -0.05) is 0 Å². The van der Waals surface area contributed by atoms with Gasteiger partial charge in [0.1, 0.15) is 12.3 Å². The largest absolute Gasteiger partial charge is 0.425 e. The lowest BCUT2D eigenvalue weighted by molar-refractivity contribution is -0.135. The van der Waals surface area contributed by atoms with Gasteiger partial charge >= 0.3 is 5.97 Å². The Hall–Kier alpha value is -2.06. The highest BCUT2D eigenvalue weighted by Gasteiger charge is 2.13. The van der Waals surface area contributed by atoms with Gasteiger partial charge in [0.05, 0.1) is 6.04 Å². The molecule has 0 aliphatic carbocycles. The van der Waals surface area contributed by atoms with Gasteiger partial charge in [0.2, 0.25) is 11.8 Å². The van der Waals surface area contributed by atoms with Crippen molar-refractivity contribution in [2.75, 3.05) is 17.6 Å². The average molecular weight is 311 g/mol. The van der Waals surface area contributed by atoms with Crippen LogP contribution in [0.15, 0.2) is 24.3 Å². The topological polar surface area (TPSA) is 111 Å². The van der Waals surface area contributed by atoms with E-state index in [-0.39, 0.29) is 18.2 Å². The van der Waals surface area contributed by atoms with E-state index in [1.165, 1.54) is 19.1 Å². The Morgan fingerprint density at radius 2 is 1.90 bits per heavy atom. The third-order valence-electron chi connectivity index (χ3n) is 2.35. The number of thiol groups is 1. The predicted octanol–water partition coefficient (Wildman–Crippen LogP) is -0.0763. The summed E-state index contributed by atoms with van der Waals surface area (Å²) in [6, 6.07) is 5.49. The van der Waals surface area contributed by atoms with Crippen LogP contribution < -0.4 is 21.1 Å². The second-order valence-electron chi connectivity index (χ2n) is 4.19. The Morgan fingerprint density at radius 1 is 1.29 bits per heavy atom. The summed E-state index contributed by atoms with van der Waals surface area (Å²) >= 11 is 3.88. The van der Waals surface area contributed by atoms with E-state index < -0.39 is 17.9 Å². The summed E-state index contributed by atoms with van der Waals surface area (Å²) in [6.45, 7) is 1.11. The summed E-state index contributed by atoms with van der Waals surface area (Å²) in [5, 5.41) is 4.93. The molecule has 8 heteroatoms. The monoisotopic (exact) mass is 311 g/mol. The van der Waals surface area contributed by atoms with Crippen LogP contribution in [0.2, 0.25) is 0 Å². The fourth-order valence-electron chi connectivity index (χ4n) is 1.35. The van der Waals surface area contributed by atoms with Crippen LogP contribution in [-0.4, -0.2) is 36.1 Å². The molecular formula is C13H17N3O4S. The molecule has 1 atom stereocenters. The number of carbonyl (C=O) groups excluding carboxylic acids is 3. The van der Waals surface area contributed by atoms with Gasteiger partial charge in [-0.15, -0.1) is 0 Å². The molecule has 2 amide bonds. The number of hydrogen-bond acceptors (Lipinski definition) is 6. The number of anilines is 1. The quantitative estimate of drug-likeness (QED) is 0.334. The second-order valence-corrected chi connectivity index (χ2v) is 4.55. The summed E-state index contributed by atoms with van der Waals surface area (Å²) in [5.41, 5.74) is 6.03. The number of nitrogens with one attached hydrogen (secondary N) is 2. The lowest BCUT2D eigenvalue weighted by Gasteiger charge is -2.09. The summed E-state index contributed by atoms with van der Waals surface area (Å²) in [6.07, 6.45) is 0. The molecule has 1 aromatic carbocycles. The molecule has 114 valence electrons. The van der Waals surface area contributed by atoms with Gasteiger partial charge in [-0.25, -0.2) is 4.79 Å². The molecule has 1 rings (SSSR count). The fraction of sp³-hybridized carbons (Fsp3) is 0.308. The molecule has 0 spiro atoms. The van der Waals surface area contributed by atoms with Crippen molar-refractivity contribution in [3.05, 3.63) is 24.3 Å². The summed E-state index contributed by atoms with van der Waals surface area (Å²) in [5.74, 6) is -0.791. The van der Waals surface area contributed by atoms with E-state index in [0.29, 0.717) is 11.4 Å². The van der Waals surface area contributed by atoms with Crippen LogP contribution in [0, 0.1) is 0 Å². The van der Waals surface area contributed by atoms with Crippen LogP contribution in [0.3, 0.4) is 0 Å². The first-order chi connectivity index (χ1) is 9.92. The van der Waals surface area contributed by atoms with Crippen LogP contribution in [0.5, 0.6) is 5.75 Å². The predicted molar refractivity (Wildman–Crippen MR) is 81.2 cm³/mol. The van der Waals surface area contributed by atoms with Crippen LogP contribution in [0.1, 0.15) is 6.92 Å². The molecule has 0 aliphatic rings.